The van der Waals surface area contributed by atoms with Crippen molar-refractivity contribution < 1.29 is 23.9 Å². The number of alkyl carbamates (subject to hydrolysis) is 1. The van der Waals surface area contributed by atoms with E-state index in [1.165, 1.54) is 24.7 Å². The van der Waals surface area contributed by atoms with Crippen LogP contribution in [0.1, 0.15) is 76.0 Å². The number of hydrogen-bond donors (Lipinski definition) is 2. The van der Waals surface area contributed by atoms with E-state index in [-0.39, 0.29) is 6.42 Å². The van der Waals surface area contributed by atoms with Crippen LogP contribution in [0.3, 0.4) is 0 Å². The molecule has 0 heterocycles. The minimum Gasteiger partial charge on any atom is -0.467 e. The van der Waals surface area contributed by atoms with Gasteiger partial charge in [-0.05, 0) is 76.0 Å². The van der Waals surface area contributed by atoms with Gasteiger partial charge in [-0.1, -0.05) is 31.0 Å². The van der Waals surface area contributed by atoms with Crippen LogP contribution in [0.5, 0.6) is 0 Å². The van der Waals surface area contributed by atoms with Gasteiger partial charge in [0, 0.05) is 6.42 Å². The van der Waals surface area contributed by atoms with Crippen molar-refractivity contribution in [2.24, 2.45) is 5.73 Å². The van der Waals surface area contributed by atoms with Crippen LogP contribution in [0.4, 0.5) is 4.79 Å². The molecule has 1 atom stereocenters. The molecule has 0 aliphatic heterocycles. The topological polar surface area (TPSA) is 108 Å². The quantitative estimate of drug-likeness (QED) is 0.514. The fraction of sp³-hybridized carbons (Fsp3) is 0.640. The lowest BCUT2D eigenvalue weighted by Gasteiger charge is -2.37. The second kappa shape index (κ2) is 9.22. The molecule has 1 saturated carbocycles. The predicted octanol–water partition coefficient (Wildman–Crippen LogP) is 3.39. The Morgan fingerprint density at radius 3 is 2.25 bits per heavy atom. The van der Waals surface area contributed by atoms with Crippen LogP contribution in [0.25, 0.3) is 0 Å². The Labute approximate surface area is 190 Å². The first kappa shape index (κ1) is 24.2. The van der Waals surface area contributed by atoms with Crippen molar-refractivity contribution in [3.05, 3.63) is 34.9 Å². The number of methoxy groups -OCH3 is 1. The number of rotatable bonds is 6. The van der Waals surface area contributed by atoms with Crippen LogP contribution >= 0.6 is 0 Å². The Kier molecular flexibility index (Phi) is 6.98. The van der Waals surface area contributed by atoms with Gasteiger partial charge in [-0.2, -0.15) is 0 Å². The van der Waals surface area contributed by atoms with Gasteiger partial charge in [0.2, 0.25) is 0 Å². The van der Waals surface area contributed by atoms with Crippen molar-refractivity contribution in [3.63, 3.8) is 0 Å². The Balaban J connectivity index is 1.91. The van der Waals surface area contributed by atoms with Crippen LogP contribution in [0.2, 0.25) is 0 Å². The summed E-state index contributed by atoms with van der Waals surface area (Å²) in [5.41, 5.74) is 6.06. The van der Waals surface area contributed by atoms with Crippen molar-refractivity contribution in [2.75, 3.05) is 7.11 Å². The number of esters is 1. The van der Waals surface area contributed by atoms with E-state index in [0.29, 0.717) is 12.8 Å². The zero-order valence-corrected chi connectivity index (χ0v) is 19.7. The Morgan fingerprint density at radius 2 is 1.66 bits per heavy atom. The number of Topliss-reactive ketones (excluding diaryl/α,β-unsaturated/α-hetero) is 1. The van der Waals surface area contributed by atoms with Crippen LogP contribution in [-0.4, -0.2) is 41.6 Å². The molecule has 1 aromatic carbocycles. The Morgan fingerprint density at radius 1 is 1.03 bits per heavy atom. The van der Waals surface area contributed by atoms with Gasteiger partial charge >= 0.3 is 12.1 Å². The summed E-state index contributed by atoms with van der Waals surface area (Å²) in [7, 11) is 1.23. The van der Waals surface area contributed by atoms with E-state index >= 15 is 0 Å². The molecular formula is C25H36N2O5. The molecule has 0 bridgehead atoms. The number of hydrogen-bond acceptors (Lipinski definition) is 6. The van der Waals surface area contributed by atoms with Gasteiger partial charge in [-0.15, -0.1) is 0 Å². The summed E-state index contributed by atoms with van der Waals surface area (Å²) in [6, 6.07) is 6.05. The molecule has 1 unspecified atom stereocenters. The monoisotopic (exact) mass is 444 g/mol. The lowest BCUT2D eigenvalue weighted by molar-refractivity contribution is -0.153. The smallest absolute Gasteiger partial charge is 0.408 e. The molecule has 176 valence electrons. The number of carbonyl (C=O) groups is 3. The van der Waals surface area contributed by atoms with Crippen LogP contribution < -0.4 is 11.1 Å². The number of benzene rings is 1. The highest BCUT2D eigenvalue weighted by molar-refractivity contribution is 6.13. The van der Waals surface area contributed by atoms with Gasteiger partial charge < -0.3 is 20.5 Å². The first-order chi connectivity index (χ1) is 15.0. The van der Waals surface area contributed by atoms with Gasteiger partial charge in [-0.3, -0.25) is 4.79 Å². The van der Waals surface area contributed by atoms with E-state index in [1.807, 2.05) is 6.07 Å². The largest absolute Gasteiger partial charge is 0.467 e. The molecule has 0 radical (unpaired) electrons. The molecule has 0 spiro atoms. The van der Waals surface area contributed by atoms with Crippen LogP contribution in [0, 0.1) is 0 Å². The van der Waals surface area contributed by atoms with E-state index in [9.17, 15) is 14.4 Å². The number of ketones is 1. The van der Waals surface area contributed by atoms with Crippen molar-refractivity contribution in [1.29, 1.82) is 0 Å². The maximum Gasteiger partial charge on any atom is 0.408 e. The third kappa shape index (κ3) is 5.14. The molecule has 7 heteroatoms. The molecular weight excluding hydrogens is 408 g/mol. The third-order valence-electron chi connectivity index (χ3n) is 6.48. The summed E-state index contributed by atoms with van der Waals surface area (Å²) in [6.07, 6.45) is 5.97. The molecule has 1 fully saturated rings. The maximum absolute atomic E-state index is 13.9. The van der Waals surface area contributed by atoms with Gasteiger partial charge in [0.15, 0.2) is 11.3 Å². The van der Waals surface area contributed by atoms with Crippen LogP contribution in [0.15, 0.2) is 18.2 Å². The average molecular weight is 445 g/mol. The molecule has 0 aromatic heterocycles. The van der Waals surface area contributed by atoms with Crippen molar-refractivity contribution >= 4 is 17.8 Å². The van der Waals surface area contributed by atoms with E-state index in [4.69, 9.17) is 15.2 Å². The van der Waals surface area contributed by atoms with Crippen LogP contribution in [-0.2, 0) is 38.3 Å². The third-order valence-corrected chi connectivity index (χ3v) is 6.48. The number of ether oxygens (including phenoxy) is 2. The molecule has 1 amide bonds. The molecule has 2 aliphatic carbocycles. The Hall–Kier alpha value is -2.41. The van der Waals surface area contributed by atoms with Crippen molar-refractivity contribution in [2.45, 2.75) is 95.2 Å². The summed E-state index contributed by atoms with van der Waals surface area (Å²) in [6.45, 7) is 5.27. The number of aryl methyl sites for hydroxylation is 2. The highest BCUT2D eigenvalue weighted by atomic mass is 16.6. The van der Waals surface area contributed by atoms with Gasteiger partial charge in [0.05, 0.1) is 7.11 Å². The van der Waals surface area contributed by atoms with Crippen molar-refractivity contribution in [1.82, 2.24) is 5.32 Å². The first-order valence-corrected chi connectivity index (χ1v) is 11.5. The molecule has 7 nitrogen and oxygen atoms in total. The summed E-state index contributed by atoms with van der Waals surface area (Å²) in [5, 5.41) is 2.77. The van der Waals surface area contributed by atoms with E-state index < -0.39 is 34.5 Å². The predicted molar refractivity (Wildman–Crippen MR) is 121 cm³/mol. The highest BCUT2D eigenvalue weighted by Crippen LogP contribution is 2.35. The summed E-state index contributed by atoms with van der Waals surface area (Å²) in [4.78, 5) is 39.3. The number of nitrogens with two attached hydrogens (primary N) is 1. The maximum atomic E-state index is 13.9. The van der Waals surface area contributed by atoms with Gasteiger partial charge in [0.25, 0.3) is 0 Å². The van der Waals surface area contributed by atoms with E-state index in [0.717, 1.165) is 37.7 Å². The van der Waals surface area contributed by atoms with Gasteiger partial charge in [0.1, 0.15) is 11.1 Å². The number of carbonyl (C=O) groups excluding carboxylic acids is 3. The number of fused-ring (bicyclic) bond motifs is 1. The second-order valence-corrected chi connectivity index (χ2v) is 10.2. The minimum atomic E-state index is -1.91. The van der Waals surface area contributed by atoms with E-state index in [1.54, 1.807) is 20.8 Å². The lowest BCUT2D eigenvalue weighted by Crippen LogP contribution is -2.68. The minimum absolute atomic E-state index is 0.0174. The summed E-state index contributed by atoms with van der Waals surface area (Å²) in [5.74, 6) is -1.31. The molecule has 3 N–H and O–H groups in total. The number of amides is 1. The highest BCUT2D eigenvalue weighted by Gasteiger charge is 2.55. The zero-order valence-electron chi connectivity index (χ0n) is 19.7. The second-order valence-electron chi connectivity index (χ2n) is 10.2. The fourth-order valence-electron chi connectivity index (χ4n) is 4.96. The standard InChI is InChI=1S/C25H36N2O5/c1-23(2,3)32-22(30)27-24(13-7-8-14-24)20(28)25(26,21(29)31-4)16-17-11-12-18-9-5-6-10-19(18)15-17/h11-12,15H,5-10,13-14,16,26H2,1-4H3,(H,27,30). The molecule has 32 heavy (non-hydrogen) atoms. The summed E-state index contributed by atoms with van der Waals surface area (Å²) < 4.78 is 10.4. The average Bonchev–Trinajstić information content (AvgIpc) is 3.20. The normalized spacial score (nSPS) is 19.4. The number of nitrogens with one attached hydrogen (secondary N) is 1. The lowest BCUT2D eigenvalue weighted by atomic mass is 9.76. The van der Waals surface area contributed by atoms with Gasteiger partial charge in [-0.25, -0.2) is 9.59 Å². The fourth-order valence-corrected chi connectivity index (χ4v) is 4.96. The molecule has 0 saturated heterocycles. The van der Waals surface area contributed by atoms with E-state index in [2.05, 4.69) is 17.4 Å². The molecule has 3 rings (SSSR count). The first-order valence-electron chi connectivity index (χ1n) is 11.5. The molecule has 2 aliphatic rings. The SMILES string of the molecule is COC(=O)C(N)(Cc1ccc2c(c1)CCCC2)C(=O)C1(NC(=O)OC(C)(C)C)CCCC1. The summed E-state index contributed by atoms with van der Waals surface area (Å²) >= 11 is 0. The zero-order chi connectivity index (χ0) is 23.6. The molecule has 1 aromatic rings. The van der Waals surface area contributed by atoms with Crippen molar-refractivity contribution in [3.8, 4) is 0 Å². The Bertz CT molecular complexity index is 883.